The Morgan fingerprint density at radius 1 is 0.743 bits per heavy atom. The molecule has 0 aliphatic rings. The molecule has 182 valence electrons. The number of aliphatic carboxylic acids is 1. The number of nitrogens with one attached hydrogen (secondary N) is 2. The summed E-state index contributed by atoms with van der Waals surface area (Å²) in [7, 11) is 0. The molecule has 0 fully saturated rings. The molecule has 0 heterocycles. The van der Waals surface area contributed by atoms with E-state index in [4.69, 9.17) is 0 Å². The zero-order valence-electron chi connectivity index (χ0n) is 19.3. The van der Waals surface area contributed by atoms with Crippen molar-refractivity contribution in [3.05, 3.63) is 108 Å². The molecule has 2 atom stereocenters. The summed E-state index contributed by atoms with van der Waals surface area (Å²) < 4.78 is 0. The summed E-state index contributed by atoms with van der Waals surface area (Å²) >= 11 is 4.23. The Balaban J connectivity index is 1.70. The smallest absolute Gasteiger partial charge is 0.326 e. The highest BCUT2D eigenvalue weighted by molar-refractivity contribution is 7.80. The van der Waals surface area contributed by atoms with Gasteiger partial charge in [-0.1, -0.05) is 91.0 Å². The van der Waals surface area contributed by atoms with E-state index in [9.17, 15) is 19.5 Å². The highest BCUT2D eigenvalue weighted by Gasteiger charge is 2.27. The lowest BCUT2D eigenvalue weighted by Gasteiger charge is -2.23. The van der Waals surface area contributed by atoms with Crippen LogP contribution in [0.3, 0.4) is 0 Å². The van der Waals surface area contributed by atoms with Crippen LogP contribution in [0.2, 0.25) is 0 Å². The predicted octanol–water partition coefficient (Wildman–Crippen LogP) is 3.83. The second-order valence-electron chi connectivity index (χ2n) is 8.30. The van der Waals surface area contributed by atoms with Crippen LogP contribution in [0.15, 0.2) is 91.0 Å². The van der Waals surface area contributed by atoms with Crippen molar-refractivity contribution in [2.45, 2.75) is 37.3 Å². The minimum atomic E-state index is -1.13. The molecule has 0 aliphatic heterocycles. The third-order valence-corrected chi connectivity index (χ3v) is 6.02. The predicted molar refractivity (Wildman–Crippen MR) is 139 cm³/mol. The van der Waals surface area contributed by atoms with Crippen molar-refractivity contribution in [3.63, 3.8) is 0 Å². The Kier molecular flexibility index (Phi) is 9.93. The van der Waals surface area contributed by atoms with Crippen molar-refractivity contribution in [1.82, 2.24) is 10.6 Å². The van der Waals surface area contributed by atoms with Crippen molar-refractivity contribution in [3.8, 4) is 0 Å². The number of thiol groups is 1. The highest BCUT2D eigenvalue weighted by Crippen LogP contribution is 2.27. The maximum absolute atomic E-state index is 13.1. The van der Waals surface area contributed by atoms with Gasteiger partial charge in [-0.25, -0.2) is 4.79 Å². The van der Waals surface area contributed by atoms with E-state index < -0.39 is 24.0 Å². The van der Waals surface area contributed by atoms with Gasteiger partial charge in [0.1, 0.15) is 12.1 Å². The first-order valence-corrected chi connectivity index (χ1v) is 12.2. The van der Waals surface area contributed by atoms with Crippen molar-refractivity contribution < 1.29 is 19.5 Å². The van der Waals surface area contributed by atoms with Gasteiger partial charge in [-0.05, 0) is 28.9 Å². The average molecular weight is 491 g/mol. The fourth-order valence-electron chi connectivity index (χ4n) is 3.96. The molecule has 3 aromatic rings. The molecule has 0 bridgehead atoms. The molecule has 0 radical (unpaired) electrons. The first-order valence-electron chi connectivity index (χ1n) is 11.5. The van der Waals surface area contributed by atoms with Gasteiger partial charge in [0.05, 0.1) is 0 Å². The second kappa shape index (κ2) is 13.3. The van der Waals surface area contributed by atoms with Gasteiger partial charge in [-0.2, -0.15) is 12.6 Å². The van der Waals surface area contributed by atoms with Gasteiger partial charge < -0.3 is 15.7 Å². The highest BCUT2D eigenvalue weighted by atomic mass is 32.1. The van der Waals surface area contributed by atoms with Crippen molar-refractivity contribution >= 4 is 30.4 Å². The fourth-order valence-corrected chi connectivity index (χ4v) is 4.22. The lowest BCUT2D eigenvalue weighted by Crippen LogP contribution is -2.52. The molecule has 7 heteroatoms. The Morgan fingerprint density at radius 2 is 1.26 bits per heavy atom. The van der Waals surface area contributed by atoms with E-state index in [2.05, 4.69) is 23.3 Å². The molecule has 3 aromatic carbocycles. The molecule has 0 aliphatic carbocycles. The van der Waals surface area contributed by atoms with Gasteiger partial charge in [0.2, 0.25) is 11.8 Å². The number of carboxylic acid groups (broad SMARTS) is 1. The molecule has 0 aromatic heterocycles. The number of rotatable bonds is 12. The molecule has 1 unspecified atom stereocenters. The standard InChI is InChI=1S/C28H30N2O4S/c31-26(19-23(21-12-6-2-7-13-21)22-14-8-3-9-15-22)29-24(16-17-35)27(32)30-25(28(33)34)18-20-10-4-1-5-11-20/h1-15,23-25,35H,16-19H2,(H,29,31)(H,30,32)(H,33,34)/t24?,25-/m1/s1. The molecule has 0 saturated carbocycles. The molecular weight excluding hydrogens is 460 g/mol. The number of amides is 2. The molecule has 3 rings (SSSR count). The van der Waals surface area contributed by atoms with E-state index in [-0.39, 0.29) is 31.1 Å². The van der Waals surface area contributed by atoms with Crippen LogP contribution in [0, 0.1) is 0 Å². The van der Waals surface area contributed by atoms with Crippen LogP contribution in [0.4, 0.5) is 0 Å². The van der Waals surface area contributed by atoms with Gasteiger partial charge in [0, 0.05) is 18.8 Å². The molecule has 0 saturated heterocycles. The molecule has 2 amide bonds. The van der Waals surface area contributed by atoms with E-state index >= 15 is 0 Å². The number of hydrogen-bond donors (Lipinski definition) is 4. The largest absolute Gasteiger partial charge is 0.480 e. The van der Waals surface area contributed by atoms with E-state index in [1.807, 2.05) is 91.0 Å². The fraction of sp³-hybridized carbons (Fsp3) is 0.250. The lowest BCUT2D eigenvalue weighted by molar-refractivity contribution is -0.142. The number of carbonyl (C=O) groups excluding carboxylic acids is 2. The van der Waals surface area contributed by atoms with Crippen LogP contribution in [0.1, 0.15) is 35.4 Å². The van der Waals surface area contributed by atoms with Gasteiger partial charge in [-0.3, -0.25) is 9.59 Å². The third kappa shape index (κ3) is 8.00. The van der Waals surface area contributed by atoms with Crippen LogP contribution in [-0.2, 0) is 20.8 Å². The minimum absolute atomic E-state index is 0.146. The monoisotopic (exact) mass is 490 g/mol. The van der Waals surface area contributed by atoms with Gasteiger partial charge in [0.25, 0.3) is 0 Å². The van der Waals surface area contributed by atoms with E-state index in [0.717, 1.165) is 16.7 Å². The first kappa shape index (κ1) is 26.0. The third-order valence-electron chi connectivity index (χ3n) is 5.76. The number of carbonyl (C=O) groups is 3. The molecule has 35 heavy (non-hydrogen) atoms. The van der Waals surface area contributed by atoms with E-state index in [1.165, 1.54) is 0 Å². The minimum Gasteiger partial charge on any atom is -0.480 e. The second-order valence-corrected chi connectivity index (χ2v) is 8.75. The Morgan fingerprint density at radius 3 is 1.74 bits per heavy atom. The molecule has 0 spiro atoms. The van der Waals surface area contributed by atoms with Crippen LogP contribution < -0.4 is 10.6 Å². The number of carboxylic acids is 1. The van der Waals surface area contributed by atoms with E-state index in [0.29, 0.717) is 5.75 Å². The maximum atomic E-state index is 13.1. The number of benzene rings is 3. The summed E-state index contributed by atoms with van der Waals surface area (Å²) in [5.74, 6) is -1.78. The summed E-state index contributed by atoms with van der Waals surface area (Å²) in [6, 6.07) is 26.6. The van der Waals surface area contributed by atoms with Gasteiger partial charge in [-0.15, -0.1) is 0 Å². The van der Waals surface area contributed by atoms with Crippen molar-refractivity contribution in [2.24, 2.45) is 0 Å². The maximum Gasteiger partial charge on any atom is 0.326 e. The molecule has 6 nitrogen and oxygen atoms in total. The first-order chi connectivity index (χ1) is 17.0. The Labute approximate surface area is 211 Å². The summed E-state index contributed by atoms with van der Waals surface area (Å²) in [6.45, 7) is 0. The van der Waals surface area contributed by atoms with Crippen LogP contribution in [0.5, 0.6) is 0 Å². The number of hydrogen-bond acceptors (Lipinski definition) is 4. The molecular formula is C28H30N2O4S. The van der Waals surface area contributed by atoms with Crippen molar-refractivity contribution in [2.75, 3.05) is 5.75 Å². The summed E-state index contributed by atoms with van der Waals surface area (Å²) in [5, 5.41) is 15.0. The van der Waals surface area contributed by atoms with Crippen LogP contribution in [-0.4, -0.2) is 40.7 Å². The Hall–Kier alpha value is -3.58. The van der Waals surface area contributed by atoms with Crippen LogP contribution in [0.25, 0.3) is 0 Å². The SMILES string of the molecule is O=C(CC(c1ccccc1)c1ccccc1)NC(CCS)C(=O)N[C@H](Cc1ccccc1)C(=O)O. The summed E-state index contributed by atoms with van der Waals surface area (Å²) in [5.41, 5.74) is 2.79. The van der Waals surface area contributed by atoms with Gasteiger partial charge in [0.15, 0.2) is 0 Å². The average Bonchev–Trinajstić information content (AvgIpc) is 2.88. The topological polar surface area (TPSA) is 95.5 Å². The molecule has 3 N–H and O–H groups in total. The van der Waals surface area contributed by atoms with E-state index in [1.54, 1.807) is 0 Å². The zero-order chi connectivity index (χ0) is 25.0. The lowest BCUT2D eigenvalue weighted by atomic mass is 9.88. The van der Waals surface area contributed by atoms with Gasteiger partial charge >= 0.3 is 5.97 Å². The summed E-state index contributed by atoms with van der Waals surface area (Å²) in [6.07, 6.45) is 0.573. The Bertz CT molecular complexity index is 1050. The van der Waals surface area contributed by atoms with Crippen LogP contribution >= 0.6 is 12.6 Å². The summed E-state index contributed by atoms with van der Waals surface area (Å²) in [4.78, 5) is 37.8. The normalized spacial score (nSPS) is 12.5. The quantitative estimate of drug-likeness (QED) is 0.290. The van der Waals surface area contributed by atoms with Crippen molar-refractivity contribution in [1.29, 1.82) is 0 Å². The zero-order valence-corrected chi connectivity index (χ0v) is 20.2.